The molecule has 6 nitrogen and oxygen atoms in total. The maximum Gasteiger partial charge on any atom is 0.436 e. The van der Waals surface area contributed by atoms with Gasteiger partial charge in [0.1, 0.15) is 5.56 Å². The van der Waals surface area contributed by atoms with E-state index in [9.17, 15) is 18.0 Å². The molecule has 1 aromatic carbocycles. The molecule has 0 spiro atoms. The van der Waals surface area contributed by atoms with Gasteiger partial charge >= 0.3 is 12.1 Å². The number of aromatic nitrogens is 2. The SMILES string of the molecule is O=C(O)c1cn(C[C@@H]2CNCCO[C@H]2c2ccc(Cl)c(Cl)c2)nc1C(F)(F)F. The molecular formula is C17H16Cl2F3N3O3. The first-order valence-corrected chi connectivity index (χ1v) is 9.07. The van der Waals surface area contributed by atoms with Crippen molar-refractivity contribution < 1.29 is 27.8 Å². The maximum atomic E-state index is 13.1. The molecule has 2 atom stereocenters. The highest BCUT2D eigenvalue weighted by Crippen LogP contribution is 2.34. The summed E-state index contributed by atoms with van der Waals surface area (Å²) in [5.41, 5.74) is -1.58. The fourth-order valence-corrected chi connectivity index (χ4v) is 3.43. The van der Waals surface area contributed by atoms with Gasteiger partial charge in [-0.2, -0.15) is 18.3 Å². The van der Waals surface area contributed by atoms with Crippen LogP contribution in [0.4, 0.5) is 13.2 Å². The predicted molar refractivity (Wildman–Crippen MR) is 95.7 cm³/mol. The first kappa shape index (κ1) is 20.9. The summed E-state index contributed by atoms with van der Waals surface area (Å²) in [6, 6.07) is 5.01. The summed E-state index contributed by atoms with van der Waals surface area (Å²) < 4.78 is 46.1. The van der Waals surface area contributed by atoms with E-state index in [4.69, 9.17) is 33.0 Å². The van der Waals surface area contributed by atoms with Crippen LogP contribution in [0.5, 0.6) is 0 Å². The quantitative estimate of drug-likeness (QED) is 0.758. The lowest BCUT2D eigenvalue weighted by Crippen LogP contribution is -2.28. The zero-order valence-electron chi connectivity index (χ0n) is 14.3. The van der Waals surface area contributed by atoms with Crippen molar-refractivity contribution in [2.75, 3.05) is 19.7 Å². The fraction of sp³-hybridized carbons (Fsp3) is 0.412. The first-order chi connectivity index (χ1) is 13.2. The summed E-state index contributed by atoms with van der Waals surface area (Å²) in [5, 5.41) is 16.4. The number of carboxylic acids is 1. The van der Waals surface area contributed by atoms with Crippen molar-refractivity contribution in [3.8, 4) is 0 Å². The van der Waals surface area contributed by atoms with Crippen molar-refractivity contribution >= 4 is 29.2 Å². The molecule has 1 fully saturated rings. The average Bonchev–Trinajstić information content (AvgIpc) is 2.92. The smallest absolute Gasteiger partial charge is 0.436 e. The number of carbonyl (C=O) groups is 1. The Hall–Kier alpha value is -1.81. The van der Waals surface area contributed by atoms with E-state index >= 15 is 0 Å². The van der Waals surface area contributed by atoms with Gasteiger partial charge in [-0.25, -0.2) is 4.79 Å². The third-order valence-corrected chi connectivity index (χ3v) is 5.10. The van der Waals surface area contributed by atoms with E-state index in [2.05, 4.69) is 10.4 Å². The normalized spacial score (nSPS) is 20.8. The van der Waals surface area contributed by atoms with Crippen LogP contribution in [0.3, 0.4) is 0 Å². The van der Waals surface area contributed by atoms with E-state index in [-0.39, 0.29) is 12.5 Å². The lowest BCUT2D eigenvalue weighted by atomic mass is 9.95. The minimum Gasteiger partial charge on any atom is -0.478 e. The monoisotopic (exact) mass is 437 g/mol. The van der Waals surface area contributed by atoms with Crippen LogP contribution in [0, 0.1) is 5.92 Å². The van der Waals surface area contributed by atoms with E-state index in [0.717, 1.165) is 16.4 Å². The van der Waals surface area contributed by atoms with Gasteiger partial charge in [-0.1, -0.05) is 29.3 Å². The summed E-state index contributed by atoms with van der Waals surface area (Å²) >= 11 is 12.0. The van der Waals surface area contributed by atoms with Crippen LogP contribution in [-0.2, 0) is 17.5 Å². The molecule has 2 heterocycles. The standard InChI is InChI=1S/C17H16Cl2F3N3O3/c18-12-2-1-9(5-13(12)19)14-10(6-23-3-4-28-14)7-25-8-11(16(26)27)15(24-25)17(20,21)22/h1-2,5,8,10,14,23H,3-4,6-7H2,(H,26,27)/t10-,14-/m0/s1. The Bertz CT molecular complexity index is 873. The number of hydrogen-bond acceptors (Lipinski definition) is 4. The molecule has 3 rings (SSSR count). The Labute approximate surface area is 168 Å². The van der Waals surface area contributed by atoms with Crippen LogP contribution in [-0.4, -0.2) is 40.6 Å². The summed E-state index contributed by atoms with van der Waals surface area (Å²) in [5.74, 6) is -2.00. The molecular weight excluding hydrogens is 422 g/mol. The summed E-state index contributed by atoms with van der Waals surface area (Å²) in [4.78, 5) is 11.2. The van der Waals surface area contributed by atoms with Crippen LogP contribution in [0.15, 0.2) is 24.4 Å². The molecule has 2 N–H and O–H groups in total. The van der Waals surface area contributed by atoms with E-state index < -0.39 is 29.5 Å². The summed E-state index contributed by atoms with van der Waals surface area (Å²) in [6.45, 7) is 1.43. The maximum absolute atomic E-state index is 13.1. The number of carboxylic acid groups (broad SMARTS) is 1. The second kappa shape index (κ2) is 8.28. The molecule has 11 heteroatoms. The Morgan fingerprint density at radius 3 is 2.71 bits per heavy atom. The van der Waals surface area contributed by atoms with Crippen molar-refractivity contribution in [1.29, 1.82) is 0 Å². The highest BCUT2D eigenvalue weighted by Gasteiger charge is 2.39. The molecule has 1 saturated heterocycles. The first-order valence-electron chi connectivity index (χ1n) is 8.32. The van der Waals surface area contributed by atoms with Gasteiger partial charge in [0, 0.05) is 31.7 Å². The van der Waals surface area contributed by atoms with Gasteiger partial charge in [-0.05, 0) is 17.7 Å². The largest absolute Gasteiger partial charge is 0.478 e. The van der Waals surface area contributed by atoms with Crippen molar-refractivity contribution in [3.05, 3.63) is 51.3 Å². The third-order valence-electron chi connectivity index (χ3n) is 4.37. The van der Waals surface area contributed by atoms with Gasteiger partial charge in [0.2, 0.25) is 0 Å². The van der Waals surface area contributed by atoms with Crippen molar-refractivity contribution in [2.24, 2.45) is 5.92 Å². The highest BCUT2D eigenvalue weighted by atomic mass is 35.5. The second-order valence-electron chi connectivity index (χ2n) is 6.35. The molecule has 1 aliphatic heterocycles. The molecule has 1 aliphatic rings. The molecule has 0 bridgehead atoms. The van der Waals surface area contributed by atoms with Crippen molar-refractivity contribution in [2.45, 2.75) is 18.8 Å². The van der Waals surface area contributed by atoms with Gasteiger partial charge in [0.15, 0.2) is 5.69 Å². The molecule has 0 radical (unpaired) electrons. The second-order valence-corrected chi connectivity index (χ2v) is 7.16. The number of alkyl halides is 3. The molecule has 28 heavy (non-hydrogen) atoms. The van der Waals surface area contributed by atoms with Gasteiger partial charge in [-0.3, -0.25) is 4.68 Å². The van der Waals surface area contributed by atoms with Gasteiger partial charge in [-0.15, -0.1) is 0 Å². The minimum absolute atomic E-state index is 0.0221. The summed E-state index contributed by atoms with van der Waals surface area (Å²) in [6.07, 6.45) is -4.45. The fourth-order valence-electron chi connectivity index (χ4n) is 3.13. The minimum atomic E-state index is -4.86. The van der Waals surface area contributed by atoms with Gasteiger partial charge in [0.25, 0.3) is 0 Å². The number of nitrogens with zero attached hydrogens (tertiary/aromatic N) is 2. The van der Waals surface area contributed by atoms with Crippen LogP contribution < -0.4 is 5.32 Å². The number of ether oxygens (including phenoxy) is 1. The highest BCUT2D eigenvalue weighted by molar-refractivity contribution is 6.42. The topological polar surface area (TPSA) is 76.4 Å². The molecule has 0 saturated carbocycles. The van der Waals surface area contributed by atoms with E-state index in [1.807, 2.05) is 0 Å². The Morgan fingerprint density at radius 1 is 1.36 bits per heavy atom. The molecule has 0 amide bonds. The van der Waals surface area contributed by atoms with Crippen molar-refractivity contribution in [1.82, 2.24) is 15.1 Å². The number of halogens is 5. The Balaban J connectivity index is 1.91. The van der Waals surface area contributed by atoms with Crippen LogP contribution >= 0.6 is 23.2 Å². The summed E-state index contributed by atoms with van der Waals surface area (Å²) in [7, 11) is 0. The molecule has 0 aliphatic carbocycles. The number of nitrogens with one attached hydrogen (secondary N) is 1. The van der Waals surface area contributed by atoms with Crippen LogP contribution in [0.25, 0.3) is 0 Å². The predicted octanol–water partition coefficient (Wildman–Crippen LogP) is 3.88. The average molecular weight is 438 g/mol. The van der Waals surface area contributed by atoms with Crippen LogP contribution in [0.1, 0.15) is 27.7 Å². The van der Waals surface area contributed by atoms with Gasteiger partial charge < -0.3 is 15.2 Å². The van der Waals surface area contributed by atoms with Gasteiger partial charge in [0.05, 0.1) is 22.8 Å². The van der Waals surface area contributed by atoms with E-state index in [1.54, 1.807) is 18.2 Å². The number of benzene rings is 1. The lowest BCUT2D eigenvalue weighted by Gasteiger charge is -2.25. The molecule has 2 aromatic rings. The number of aromatic carboxylic acids is 1. The van der Waals surface area contributed by atoms with E-state index in [1.165, 1.54) is 0 Å². The Kier molecular flexibility index (Phi) is 6.18. The third kappa shape index (κ3) is 4.60. The van der Waals surface area contributed by atoms with E-state index in [0.29, 0.717) is 29.7 Å². The molecule has 1 aromatic heterocycles. The zero-order chi connectivity index (χ0) is 20.5. The molecule has 0 unspecified atom stereocenters. The van der Waals surface area contributed by atoms with Crippen molar-refractivity contribution in [3.63, 3.8) is 0 Å². The van der Waals surface area contributed by atoms with Crippen LogP contribution in [0.2, 0.25) is 10.0 Å². The Morgan fingerprint density at radius 2 is 2.11 bits per heavy atom. The molecule has 152 valence electrons. The lowest BCUT2D eigenvalue weighted by molar-refractivity contribution is -0.142. The zero-order valence-corrected chi connectivity index (χ0v) is 15.9. The number of hydrogen-bond donors (Lipinski definition) is 2. The number of rotatable bonds is 4.